The van der Waals surface area contributed by atoms with Gasteiger partial charge >= 0.3 is 0 Å². The van der Waals surface area contributed by atoms with E-state index in [1.807, 2.05) is 4.90 Å². The van der Waals surface area contributed by atoms with Crippen molar-refractivity contribution in [3.8, 4) is 0 Å². The van der Waals surface area contributed by atoms with Gasteiger partial charge in [0.1, 0.15) is 0 Å². The van der Waals surface area contributed by atoms with Gasteiger partial charge in [0.2, 0.25) is 5.91 Å². The van der Waals surface area contributed by atoms with Gasteiger partial charge in [0, 0.05) is 26.2 Å². The topological polar surface area (TPSA) is 55.6 Å². The van der Waals surface area contributed by atoms with Gasteiger partial charge in [0.05, 0.1) is 13.0 Å². The summed E-state index contributed by atoms with van der Waals surface area (Å²) < 4.78 is 4.86. The molecular weight excluding hydrogens is 168 g/mol. The van der Waals surface area contributed by atoms with Gasteiger partial charge in [-0.15, -0.1) is 0 Å². The number of carbonyl (C=O) groups excluding carboxylic acids is 1. The van der Waals surface area contributed by atoms with Gasteiger partial charge in [-0.2, -0.15) is 0 Å². The molecule has 1 amide bonds. The molecule has 76 valence electrons. The lowest BCUT2D eigenvalue weighted by Crippen LogP contribution is -2.37. The number of nitrogens with two attached hydrogens (primary N) is 1. The summed E-state index contributed by atoms with van der Waals surface area (Å²) in [5.74, 6) is 0.176. The summed E-state index contributed by atoms with van der Waals surface area (Å²) >= 11 is 0. The van der Waals surface area contributed by atoms with Crippen LogP contribution >= 0.6 is 0 Å². The van der Waals surface area contributed by atoms with Crippen molar-refractivity contribution < 1.29 is 9.53 Å². The van der Waals surface area contributed by atoms with Crippen LogP contribution in [0.1, 0.15) is 19.3 Å². The minimum absolute atomic E-state index is 0.176. The highest BCUT2D eigenvalue weighted by molar-refractivity contribution is 5.77. The monoisotopic (exact) mass is 186 g/mol. The van der Waals surface area contributed by atoms with E-state index in [0.717, 1.165) is 12.8 Å². The predicted molar refractivity (Wildman–Crippen MR) is 50.3 cm³/mol. The highest BCUT2D eigenvalue weighted by Crippen LogP contribution is 2.26. The highest BCUT2D eigenvalue weighted by Gasteiger charge is 2.31. The number of carbonyl (C=O) groups is 1. The van der Waals surface area contributed by atoms with Gasteiger partial charge in [-0.1, -0.05) is 0 Å². The first-order chi connectivity index (χ1) is 6.29. The van der Waals surface area contributed by atoms with Crippen LogP contribution in [0.3, 0.4) is 0 Å². The molecule has 4 heteroatoms. The molecule has 1 saturated carbocycles. The maximum atomic E-state index is 11.6. The van der Waals surface area contributed by atoms with E-state index < -0.39 is 0 Å². The fourth-order valence-electron chi connectivity index (χ4n) is 1.37. The van der Waals surface area contributed by atoms with Gasteiger partial charge in [0.15, 0.2) is 0 Å². The van der Waals surface area contributed by atoms with E-state index >= 15 is 0 Å². The molecule has 0 bridgehead atoms. The third-order valence-corrected chi connectivity index (χ3v) is 2.20. The van der Waals surface area contributed by atoms with Crippen molar-refractivity contribution in [2.75, 3.05) is 26.8 Å². The first-order valence-electron chi connectivity index (χ1n) is 4.78. The summed E-state index contributed by atoms with van der Waals surface area (Å²) in [6, 6.07) is 0.466. The van der Waals surface area contributed by atoms with Crippen LogP contribution in [-0.4, -0.2) is 43.7 Å². The molecule has 1 aliphatic rings. The zero-order valence-electron chi connectivity index (χ0n) is 8.16. The van der Waals surface area contributed by atoms with Crippen molar-refractivity contribution >= 4 is 5.91 Å². The Labute approximate surface area is 79.0 Å². The number of amides is 1. The molecule has 1 rings (SSSR count). The highest BCUT2D eigenvalue weighted by atomic mass is 16.5. The molecule has 0 heterocycles. The fraction of sp³-hybridized carbons (Fsp3) is 0.889. The minimum Gasteiger partial charge on any atom is -0.384 e. The number of ether oxygens (including phenoxy) is 1. The third-order valence-electron chi connectivity index (χ3n) is 2.20. The van der Waals surface area contributed by atoms with Crippen molar-refractivity contribution in [2.45, 2.75) is 25.3 Å². The van der Waals surface area contributed by atoms with Gasteiger partial charge in [-0.25, -0.2) is 0 Å². The molecule has 0 saturated heterocycles. The van der Waals surface area contributed by atoms with Crippen LogP contribution in [0.2, 0.25) is 0 Å². The first-order valence-corrected chi connectivity index (χ1v) is 4.78. The lowest BCUT2D eigenvalue weighted by Gasteiger charge is -2.21. The first kappa shape index (κ1) is 10.5. The SMILES string of the molecule is COCCC(=O)N(CCN)C1CC1. The average molecular weight is 186 g/mol. The van der Waals surface area contributed by atoms with E-state index in [1.54, 1.807) is 7.11 Å². The molecule has 1 aliphatic carbocycles. The maximum Gasteiger partial charge on any atom is 0.225 e. The van der Waals surface area contributed by atoms with Crippen molar-refractivity contribution in [3.63, 3.8) is 0 Å². The molecule has 0 spiro atoms. The Kier molecular flexibility index (Phi) is 4.18. The molecule has 0 unspecified atom stereocenters. The fourth-order valence-corrected chi connectivity index (χ4v) is 1.37. The molecule has 0 radical (unpaired) electrons. The van der Waals surface area contributed by atoms with E-state index in [0.29, 0.717) is 32.2 Å². The Morgan fingerprint density at radius 3 is 2.77 bits per heavy atom. The molecule has 0 aromatic carbocycles. The molecule has 4 nitrogen and oxygen atoms in total. The zero-order chi connectivity index (χ0) is 9.68. The van der Waals surface area contributed by atoms with E-state index in [-0.39, 0.29) is 5.91 Å². The van der Waals surface area contributed by atoms with E-state index in [4.69, 9.17) is 10.5 Å². The number of rotatable bonds is 6. The summed E-state index contributed by atoms with van der Waals surface area (Å²) in [6.45, 7) is 1.75. The van der Waals surface area contributed by atoms with Gasteiger partial charge in [-0.3, -0.25) is 4.79 Å². The quantitative estimate of drug-likeness (QED) is 0.634. The molecule has 13 heavy (non-hydrogen) atoms. The second-order valence-electron chi connectivity index (χ2n) is 3.35. The Balaban J connectivity index is 2.29. The summed E-state index contributed by atoms with van der Waals surface area (Å²) in [5, 5.41) is 0. The Morgan fingerprint density at radius 1 is 1.62 bits per heavy atom. The lowest BCUT2D eigenvalue weighted by atomic mass is 10.3. The molecule has 0 aromatic heterocycles. The molecule has 2 N–H and O–H groups in total. The van der Waals surface area contributed by atoms with Crippen molar-refractivity contribution in [3.05, 3.63) is 0 Å². The van der Waals surface area contributed by atoms with Crippen LogP contribution in [0.15, 0.2) is 0 Å². The van der Waals surface area contributed by atoms with E-state index in [9.17, 15) is 4.79 Å². The zero-order valence-corrected chi connectivity index (χ0v) is 8.16. The molecule has 0 aliphatic heterocycles. The van der Waals surface area contributed by atoms with Crippen LogP contribution in [-0.2, 0) is 9.53 Å². The number of nitrogens with zero attached hydrogens (tertiary/aromatic N) is 1. The van der Waals surface area contributed by atoms with Gasteiger partial charge < -0.3 is 15.4 Å². The standard InChI is InChI=1S/C9H18N2O2/c1-13-7-4-9(12)11(6-5-10)8-2-3-8/h8H,2-7,10H2,1H3. The van der Waals surface area contributed by atoms with Gasteiger partial charge in [-0.05, 0) is 12.8 Å². The second kappa shape index (κ2) is 5.19. The molecule has 1 fully saturated rings. The van der Waals surface area contributed by atoms with Crippen LogP contribution in [0.5, 0.6) is 0 Å². The van der Waals surface area contributed by atoms with Crippen LogP contribution in [0, 0.1) is 0 Å². The summed E-state index contributed by atoms with van der Waals surface area (Å²) in [4.78, 5) is 13.5. The Morgan fingerprint density at radius 2 is 2.31 bits per heavy atom. The predicted octanol–water partition coefficient (Wildman–Crippen LogP) is -0.0274. The second-order valence-corrected chi connectivity index (χ2v) is 3.35. The Bertz CT molecular complexity index is 169. The normalized spacial score (nSPS) is 15.8. The maximum absolute atomic E-state index is 11.6. The van der Waals surface area contributed by atoms with Crippen molar-refractivity contribution in [1.82, 2.24) is 4.90 Å². The molecule has 0 aromatic rings. The van der Waals surface area contributed by atoms with Gasteiger partial charge in [0.25, 0.3) is 0 Å². The lowest BCUT2D eigenvalue weighted by molar-refractivity contribution is -0.132. The largest absolute Gasteiger partial charge is 0.384 e. The molecular formula is C9H18N2O2. The third kappa shape index (κ3) is 3.32. The van der Waals surface area contributed by atoms with Crippen LogP contribution < -0.4 is 5.73 Å². The summed E-state index contributed by atoms with van der Waals surface area (Å²) in [5.41, 5.74) is 5.44. The Hall–Kier alpha value is -0.610. The average Bonchev–Trinajstić information content (AvgIpc) is 2.93. The van der Waals surface area contributed by atoms with Crippen LogP contribution in [0.25, 0.3) is 0 Å². The summed E-state index contributed by atoms with van der Waals surface area (Å²) in [7, 11) is 1.61. The van der Waals surface area contributed by atoms with Crippen LogP contribution in [0.4, 0.5) is 0 Å². The number of hydrogen-bond donors (Lipinski definition) is 1. The van der Waals surface area contributed by atoms with E-state index in [1.165, 1.54) is 0 Å². The summed E-state index contributed by atoms with van der Waals surface area (Å²) in [6.07, 6.45) is 2.75. The number of methoxy groups -OCH3 is 1. The van der Waals surface area contributed by atoms with E-state index in [2.05, 4.69) is 0 Å². The smallest absolute Gasteiger partial charge is 0.225 e. The number of hydrogen-bond acceptors (Lipinski definition) is 3. The minimum atomic E-state index is 0.176. The molecule has 0 atom stereocenters. The van der Waals surface area contributed by atoms with Crippen molar-refractivity contribution in [1.29, 1.82) is 0 Å². The van der Waals surface area contributed by atoms with Crippen molar-refractivity contribution in [2.24, 2.45) is 5.73 Å².